The molecule has 2 fully saturated rings. The summed E-state index contributed by atoms with van der Waals surface area (Å²) in [6, 6.07) is 0. The lowest BCUT2D eigenvalue weighted by atomic mass is 9.93. The van der Waals surface area contributed by atoms with Gasteiger partial charge in [-0.25, -0.2) is 4.79 Å². The quantitative estimate of drug-likeness (QED) is 0.724. The van der Waals surface area contributed by atoms with Crippen molar-refractivity contribution in [1.29, 1.82) is 0 Å². The minimum absolute atomic E-state index is 0.210. The molecule has 1 unspecified atom stereocenters. The number of hydrogen-bond acceptors (Lipinski definition) is 2. The average molecular weight is 184 g/mol. The maximum absolute atomic E-state index is 11.1. The Morgan fingerprint density at radius 1 is 1.38 bits per heavy atom. The van der Waals surface area contributed by atoms with Gasteiger partial charge in [-0.2, -0.15) is 0 Å². The largest absolute Gasteiger partial charge is 0.479 e. The first kappa shape index (κ1) is 9.00. The van der Waals surface area contributed by atoms with Gasteiger partial charge >= 0.3 is 5.97 Å². The van der Waals surface area contributed by atoms with Gasteiger partial charge in [0, 0.05) is 0 Å². The number of carboxylic acids is 1. The fourth-order valence-corrected chi connectivity index (χ4v) is 1.79. The predicted molar refractivity (Wildman–Crippen MR) is 47.5 cm³/mol. The molecule has 2 aliphatic rings. The Hall–Kier alpha value is -0.570. The van der Waals surface area contributed by atoms with E-state index >= 15 is 0 Å². The molecular weight excluding hydrogens is 168 g/mol. The van der Waals surface area contributed by atoms with E-state index in [2.05, 4.69) is 0 Å². The lowest BCUT2D eigenvalue weighted by Crippen LogP contribution is -2.45. The first-order valence-electron chi connectivity index (χ1n) is 5.04. The minimum Gasteiger partial charge on any atom is -0.479 e. The van der Waals surface area contributed by atoms with Crippen molar-refractivity contribution < 1.29 is 14.6 Å². The van der Waals surface area contributed by atoms with Crippen LogP contribution < -0.4 is 0 Å². The monoisotopic (exact) mass is 184 g/mol. The van der Waals surface area contributed by atoms with Crippen LogP contribution in [0.15, 0.2) is 0 Å². The number of aliphatic carboxylic acids is 1. The van der Waals surface area contributed by atoms with Crippen molar-refractivity contribution in [1.82, 2.24) is 0 Å². The summed E-state index contributed by atoms with van der Waals surface area (Å²) < 4.78 is 5.66. The highest BCUT2D eigenvalue weighted by molar-refractivity contribution is 5.78. The SMILES string of the molecule is CC(OC1CCC1)(C(=O)O)C1CC1. The van der Waals surface area contributed by atoms with Gasteiger partial charge in [0.25, 0.3) is 0 Å². The highest BCUT2D eigenvalue weighted by Crippen LogP contribution is 2.44. The molecule has 0 heterocycles. The highest BCUT2D eigenvalue weighted by atomic mass is 16.5. The van der Waals surface area contributed by atoms with Crippen molar-refractivity contribution in [3.05, 3.63) is 0 Å². The Morgan fingerprint density at radius 3 is 2.31 bits per heavy atom. The first-order chi connectivity index (χ1) is 6.13. The maximum atomic E-state index is 11.1. The molecule has 2 rings (SSSR count). The van der Waals surface area contributed by atoms with Crippen molar-refractivity contribution in [2.24, 2.45) is 5.92 Å². The molecule has 74 valence electrons. The Bertz CT molecular complexity index is 218. The fourth-order valence-electron chi connectivity index (χ4n) is 1.79. The molecule has 0 amide bonds. The summed E-state index contributed by atoms with van der Waals surface area (Å²) in [5, 5.41) is 9.09. The highest BCUT2D eigenvalue weighted by Gasteiger charge is 2.50. The van der Waals surface area contributed by atoms with Crippen LogP contribution in [0.2, 0.25) is 0 Å². The third-order valence-electron chi connectivity index (χ3n) is 3.24. The van der Waals surface area contributed by atoms with Crippen molar-refractivity contribution in [2.45, 2.75) is 50.7 Å². The first-order valence-corrected chi connectivity index (χ1v) is 5.04. The second-order valence-electron chi connectivity index (χ2n) is 4.36. The van der Waals surface area contributed by atoms with E-state index < -0.39 is 11.6 Å². The molecule has 3 heteroatoms. The van der Waals surface area contributed by atoms with Gasteiger partial charge in [-0.05, 0) is 44.9 Å². The fraction of sp³-hybridized carbons (Fsp3) is 0.900. The number of hydrogen-bond donors (Lipinski definition) is 1. The zero-order valence-corrected chi connectivity index (χ0v) is 7.95. The van der Waals surface area contributed by atoms with Gasteiger partial charge in [-0.3, -0.25) is 0 Å². The minimum atomic E-state index is -0.898. The van der Waals surface area contributed by atoms with E-state index in [4.69, 9.17) is 9.84 Å². The van der Waals surface area contributed by atoms with Crippen LogP contribution in [0.4, 0.5) is 0 Å². The molecule has 2 aliphatic carbocycles. The van der Waals surface area contributed by atoms with E-state index in [-0.39, 0.29) is 12.0 Å². The standard InChI is InChI=1S/C10H16O3/c1-10(9(11)12,7-5-6-7)13-8-3-2-4-8/h7-8H,2-6H2,1H3,(H,11,12). The van der Waals surface area contributed by atoms with Crippen molar-refractivity contribution >= 4 is 5.97 Å². The second kappa shape index (κ2) is 2.98. The lowest BCUT2D eigenvalue weighted by Gasteiger charge is -2.35. The van der Waals surface area contributed by atoms with Gasteiger partial charge in [0.2, 0.25) is 0 Å². The Balaban J connectivity index is 1.98. The van der Waals surface area contributed by atoms with Crippen molar-refractivity contribution in [3.63, 3.8) is 0 Å². The molecule has 0 aromatic rings. The summed E-state index contributed by atoms with van der Waals surface area (Å²) in [7, 11) is 0. The zero-order chi connectivity index (χ0) is 9.47. The van der Waals surface area contributed by atoms with Crippen molar-refractivity contribution in [3.8, 4) is 0 Å². The Labute approximate surface area is 78.1 Å². The molecule has 0 aromatic carbocycles. The van der Waals surface area contributed by atoms with Crippen molar-refractivity contribution in [2.75, 3.05) is 0 Å². The summed E-state index contributed by atoms with van der Waals surface area (Å²) in [5.41, 5.74) is -0.898. The molecule has 13 heavy (non-hydrogen) atoms. The van der Waals surface area contributed by atoms with Crippen LogP contribution in [0.5, 0.6) is 0 Å². The normalized spacial score (nSPS) is 27.8. The number of carbonyl (C=O) groups is 1. The lowest BCUT2D eigenvalue weighted by molar-refractivity contribution is -0.181. The number of rotatable bonds is 4. The molecule has 0 radical (unpaired) electrons. The molecule has 1 atom stereocenters. The van der Waals surface area contributed by atoms with E-state index in [0.717, 1.165) is 25.7 Å². The van der Waals surface area contributed by atoms with Gasteiger partial charge in [-0.1, -0.05) is 0 Å². The van der Waals surface area contributed by atoms with Crippen LogP contribution in [-0.2, 0) is 9.53 Å². The molecule has 0 saturated heterocycles. The predicted octanol–water partition coefficient (Wildman–Crippen LogP) is 1.81. The summed E-state index contributed by atoms with van der Waals surface area (Å²) >= 11 is 0. The topological polar surface area (TPSA) is 46.5 Å². The average Bonchev–Trinajstić information content (AvgIpc) is 2.77. The van der Waals surface area contributed by atoms with Crippen LogP contribution in [-0.4, -0.2) is 22.8 Å². The summed E-state index contributed by atoms with van der Waals surface area (Å²) in [4.78, 5) is 11.1. The molecule has 0 aromatic heterocycles. The van der Waals surface area contributed by atoms with E-state index in [9.17, 15) is 4.79 Å². The van der Waals surface area contributed by atoms with Crippen LogP contribution >= 0.6 is 0 Å². The summed E-state index contributed by atoms with van der Waals surface area (Å²) in [5.74, 6) is -0.535. The molecule has 0 aliphatic heterocycles. The molecule has 1 N–H and O–H groups in total. The van der Waals surface area contributed by atoms with Crippen LogP contribution in [0.3, 0.4) is 0 Å². The zero-order valence-electron chi connectivity index (χ0n) is 7.95. The van der Waals surface area contributed by atoms with Gasteiger partial charge in [0.15, 0.2) is 5.60 Å². The smallest absolute Gasteiger partial charge is 0.335 e. The summed E-state index contributed by atoms with van der Waals surface area (Å²) in [6.45, 7) is 1.73. The molecule has 0 spiro atoms. The maximum Gasteiger partial charge on any atom is 0.335 e. The third kappa shape index (κ3) is 1.57. The van der Waals surface area contributed by atoms with Crippen LogP contribution in [0, 0.1) is 5.92 Å². The van der Waals surface area contributed by atoms with Gasteiger partial charge in [-0.15, -0.1) is 0 Å². The van der Waals surface area contributed by atoms with Gasteiger partial charge in [0.1, 0.15) is 0 Å². The van der Waals surface area contributed by atoms with Gasteiger partial charge in [0.05, 0.1) is 6.10 Å². The molecule has 0 bridgehead atoms. The van der Waals surface area contributed by atoms with Crippen LogP contribution in [0.1, 0.15) is 39.0 Å². The van der Waals surface area contributed by atoms with Crippen LogP contribution in [0.25, 0.3) is 0 Å². The Morgan fingerprint density at radius 2 is 2.00 bits per heavy atom. The molecule has 2 saturated carbocycles. The van der Waals surface area contributed by atoms with E-state index in [1.54, 1.807) is 6.92 Å². The third-order valence-corrected chi connectivity index (χ3v) is 3.24. The van der Waals surface area contributed by atoms with E-state index in [1.165, 1.54) is 6.42 Å². The molecular formula is C10H16O3. The molecule has 3 nitrogen and oxygen atoms in total. The Kier molecular flexibility index (Phi) is 2.06. The van der Waals surface area contributed by atoms with Gasteiger partial charge < -0.3 is 9.84 Å². The number of carboxylic acid groups (broad SMARTS) is 1. The number of ether oxygens (including phenoxy) is 1. The van der Waals surface area contributed by atoms with E-state index in [0.29, 0.717) is 0 Å². The second-order valence-corrected chi connectivity index (χ2v) is 4.36. The summed E-state index contributed by atoms with van der Waals surface area (Å²) in [6.07, 6.45) is 5.49. The van der Waals surface area contributed by atoms with E-state index in [1.807, 2.05) is 0 Å².